The van der Waals surface area contributed by atoms with Crippen molar-refractivity contribution in [2.24, 2.45) is 0 Å². The van der Waals surface area contributed by atoms with E-state index in [4.69, 9.17) is 19.0 Å². The number of nitrogens with one attached hydrogen (secondary N) is 1. The van der Waals surface area contributed by atoms with Crippen molar-refractivity contribution in [1.29, 1.82) is 0 Å². The van der Waals surface area contributed by atoms with Gasteiger partial charge in [-0.1, -0.05) is 0 Å². The van der Waals surface area contributed by atoms with Crippen LogP contribution in [0.2, 0.25) is 0 Å². The van der Waals surface area contributed by atoms with Gasteiger partial charge in [0, 0.05) is 13.7 Å². The molecular formula is C16H26N2O5. The van der Waals surface area contributed by atoms with Crippen LogP contribution in [-0.2, 0) is 22.6 Å². The van der Waals surface area contributed by atoms with Crippen LogP contribution in [0.25, 0.3) is 0 Å². The number of hydrogen-bond acceptors (Lipinski definition) is 6. The second-order valence-corrected chi connectivity index (χ2v) is 6.67. The van der Waals surface area contributed by atoms with Crippen molar-refractivity contribution in [2.75, 3.05) is 20.2 Å². The van der Waals surface area contributed by atoms with Crippen molar-refractivity contribution < 1.29 is 23.8 Å². The fraction of sp³-hybridized carbons (Fsp3) is 0.688. The number of ether oxygens (including phenoxy) is 2. The lowest BCUT2D eigenvalue weighted by Crippen LogP contribution is -2.40. The number of methoxy groups -OCH3 is 1. The minimum atomic E-state index is -0.514. The van der Waals surface area contributed by atoms with Gasteiger partial charge in [0.1, 0.15) is 23.7 Å². The molecule has 130 valence electrons. The minimum Gasteiger partial charge on any atom is -0.462 e. The Morgan fingerprint density at radius 2 is 2.09 bits per heavy atom. The first-order chi connectivity index (χ1) is 10.8. The number of aliphatic hydroxyl groups is 1. The molecule has 1 aliphatic heterocycles. The number of aliphatic hydroxyl groups excluding tert-OH is 1. The van der Waals surface area contributed by atoms with E-state index in [9.17, 15) is 4.79 Å². The molecule has 23 heavy (non-hydrogen) atoms. The van der Waals surface area contributed by atoms with Gasteiger partial charge in [-0.3, -0.25) is 0 Å². The van der Waals surface area contributed by atoms with E-state index in [1.807, 2.05) is 26.8 Å². The van der Waals surface area contributed by atoms with E-state index in [1.165, 1.54) is 0 Å². The van der Waals surface area contributed by atoms with Crippen LogP contribution in [0.1, 0.15) is 32.3 Å². The molecule has 1 aromatic rings. The highest BCUT2D eigenvalue weighted by atomic mass is 16.6. The topological polar surface area (TPSA) is 84.2 Å². The van der Waals surface area contributed by atoms with Gasteiger partial charge in [-0.05, 0) is 32.9 Å². The fourth-order valence-corrected chi connectivity index (χ4v) is 2.52. The molecule has 1 amide bonds. The summed E-state index contributed by atoms with van der Waals surface area (Å²) in [6.07, 6.45) is -0.431. The first-order valence-electron chi connectivity index (χ1n) is 7.75. The third kappa shape index (κ3) is 4.95. The van der Waals surface area contributed by atoms with Gasteiger partial charge in [-0.15, -0.1) is 0 Å². The number of likely N-dealkylation sites (tertiary alicyclic amines) is 1. The Hall–Kier alpha value is -1.57. The van der Waals surface area contributed by atoms with E-state index in [0.717, 1.165) is 5.76 Å². The van der Waals surface area contributed by atoms with Crippen LogP contribution in [0.3, 0.4) is 0 Å². The van der Waals surface area contributed by atoms with Gasteiger partial charge >= 0.3 is 6.09 Å². The highest BCUT2D eigenvalue weighted by molar-refractivity contribution is 5.68. The van der Waals surface area contributed by atoms with E-state index in [1.54, 1.807) is 18.1 Å². The SMILES string of the molecule is CO[C@H]1CN(C(=O)OC(C)(C)C)CC1NCc1ccc(CO)o1. The highest BCUT2D eigenvalue weighted by Gasteiger charge is 2.37. The number of amides is 1. The average Bonchev–Trinajstić information content (AvgIpc) is 3.09. The van der Waals surface area contributed by atoms with Crippen molar-refractivity contribution >= 4 is 6.09 Å². The summed E-state index contributed by atoms with van der Waals surface area (Å²) in [6.45, 7) is 6.94. The molecular weight excluding hydrogens is 300 g/mol. The van der Waals surface area contributed by atoms with E-state index >= 15 is 0 Å². The third-order valence-corrected chi connectivity index (χ3v) is 3.63. The summed E-state index contributed by atoms with van der Waals surface area (Å²) in [5.74, 6) is 1.27. The Bertz CT molecular complexity index is 523. The zero-order valence-corrected chi connectivity index (χ0v) is 14.2. The second-order valence-electron chi connectivity index (χ2n) is 6.67. The monoisotopic (exact) mass is 326 g/mol. The molecule has 0 aliphatic carbocycles. The molecule has 2 rings (SSSR count). The Balaban J connectivity index is 1.89. The molecule has 1 saturated heterocycles. The molecule has 7 heteroatoms. The van der Waals surface area contributed by atoms with E-state index in [2.05, 4.69) is 5.32 Å². The van der Waals surface area contributed by atoms with Crippen LogP contribution in [0, 0.1) is 0 Å². The molecule has 7 nitrogen and oxygen atoms in total. The summed E-state index contributed by atoms with van der Waals surface area (Å²) in [7, 11) is 1.63. The molecule has 0 saturated carbocycles. The smallest absolute Gasteiger partial charge is 0.410 e. The lowest BCUT2D eigenvalue weighted by Gasteiger charge is -2.24. The lowest BCUT2D eigenvalue weighted by atomic mass is 10.2. The largest absolute Gasteiger partial charge is 0.462 e. The fourth-order valence-electron chi connectivity index (χ4n) is 2.52. The lowest BCUT2D eigenvalue weighted by molar-refractivity contribution is 0.0252. The Labute approximate surface area is 136 Å². The van der Waals surface area contributed by atoms with E-state index in [0.29, 0.717) is 25.4 Å². The van der Waals surface area contributed by atoms with Gasteiger partial charge in [-0.25, -0.2) is 4.79 Å². The van der Waals surface area contributed by atoms with E-state index < -0.39 is 5.60 Å². The Kier molecular flexibility index (Phi) is 5.67. The van der Waals surface area contributed by atoms with Gasteiger partial charge in [-0.2, -0.15) is 0 Å². The van der Waals surface area contributed by atoms with Crippen LogP contribution in [0.5, 0.6) is 0 Å². The van der Waals surface area contributed by atoms with Gasteiger partial charge in [0.25, 0.3) is 0 Å². The average molecular weight is 326 g/mol. The number of carbonyl (C=O) groups is 1. The highest BCUT2D eigenvalue weighted by Crippen LogP contribution is 2.18. The van der Waals surface area contributed by atoms with Gasteiger partial charge < -0.3 is 29.2 Å². The van der Waals surface area contributed by atoms with Crippen LogP contribution < -0.4 is 5.32 Å². The van der Waals surface area contributed by atoms with Crippen molar-refractivity contribution in [2.45, 2.75) is 51.7 Å². The predicted molar refractivity (Wildman–Crippen MR) is 83.9 cm³/mol. The number of nitrogens with zero attached hydrogens (tertiary/aromatic N) is 1. The number of furan rings is 1. The summed E-state index contributed by atoms with van der Waals surface area (Å²) in [5, 5.41) is 12.3. The molecule has 0 bridgehead atoms. The Morgan fingerprint density at radius 1 is 1.39 bits per heavy atom. The first-order valence-corrected chi connectivity index (χ1v) is 7.75. The quantitative estimate of drug-likeness (QED) is 0.853. The van der Waals surface area contributed by atoms with Crippen molar-refractivity contribution in [1.82, 2.24) is 10.2 Å². The van der Waals surface area contributed by atoms with Crippen molar-refractivity contribution in [3.63, 3.8) is 0 Å². The molecule has 1 aromatic heterocycles. The van der Waals surface area contributed by atoms with Crippen molar-refractivity contribution in [3.8, 4) is 0 Å². The number of carbonyl (C=O) groups excluding carboxylic acids is 1. The molecule has 1 fully saturated rings. The standard InChI is InChI=1S/C16H26N2O5/c1-16(2,3)23-15(20)18-8-13(14(9-18)21-4)17-7-11-5-6-12(10-19)22-11/h5-6,13-14,17,19H,7-10H2,1-4H3/t13?,14-/m0/s1. The maximum Gasteiger partial charge on any atom is 0.410 e. The summed E-state index contributed by atoms with van der Waals surface area (Å²) in [6, 6.07) is 3.56. The molecule has 0 radical (unpaired) electrons. The Morgan fingerprint density at radius 3 is 2.65 bits per heavy atom. The van der Waals surface area contributed by atoms with Gasteiger partial charge in [0.05, 0.1) is 25.2 Å². The third-order valence-electron chi connectivity index (χ3n) is 3.63. The van der Waals surface area contributed by atoms with Crippen LogP contribution in [-0.4, -0.2) is 54.0 Å². The van der Waals surface area contributed by atoms with E-state index in [-0.39, 0.29) is 24.8 Å². The number of hydrogen-bond donors (Lipinski definition) is 2. The van der Waals surface area contributed by atoms with Crippen molar-refractivity contribution in [3.05, 3.63) is 23.7 Å². The first kappa shape index (κ1) is 17.8. The second kappa shape index (κ2) is 7.33. The summed E-state index contributed by atoms with van der Waals surface area (Å²) in [5.41, 5.74) is -0.514. The molecule has 2 N–H and O–H groups in total. The summed E-state index contributed by atoms with van der Waals surface area (Å²) >= 11 is 0. The van der Waals surface area contributed by atoms with Crippen LogP contribution >= 0.6 is 0 Å². The maximum atomic E-state index is 12.2. The van der Waals surface area contributed by atoms with Crippen LogP contribution in [0.15, 0.2) is 16.5 Å². The molecule has 1 aliphatic rings. The van der Waals surface area contributed by atoms with Gasteiger partial charge in [0.15, 0.2) is 0 Å². The minimum absolute atomic E-state index is 0.00445. The predicted octanol–water partition coefficient (Wildman–Crippen LogP) is 1.50. The van der Waals surface area contributed by atoms with Crippen LogP contribution in [0.4, 0.5) is 4.79 Å². The molecule has 2 atom stereocenters. The normalized spacial score (nSPS) is 21.7. The number of rotatable bonds is 5. The molecule has 0 aromatic carbocycles. The summed E-state index contributed by atoms with van der Waals surface area (Å²) in [4.78, 5) is 13.8. The zero-order valence-electron chi connectivity index (χ0n) is 14.2. The molecule has 1 unspecified atom stereocenters. The summed E-state index contributed by atoms with van der Waals surface area (Å²) < 4.78 is 16.3. The zero-order chi connectivity index (χ0) is 17.0. The molecule has 0 spiro atoms. The molecule has 2 heterocycles. The van der Waals surface area contributed by atoms with Gasteiger partial charge in [0.2, 0.25) is 0 Å². The maximum absolute atomic E-state index is 12.2.